The van der Waals surface area contributed by atoms with E-state index in [1.807, 2.05) is 0 Å². The number of alkyl halides is 12. The molecule has 0 radical (unpaired) electrons. The minimum absolute atomic E-state index is 0.203. The van der Waals surface area contributed by atoms with Crippen LogP contribution in [0.2, 0.25) is 0 Å². The molecule has 2 aromatic heterocycles. The third kappa shape index (κ3) is 5.86. The van der Waals surface area contributed by atoms with Gasteiger partial charge < -0.3 is 5.11 Å². The molecule has 2 heterocycles. The van der Waals surface area contributed by atoms with Gasteiger partial charge in [0.2, 0.25) is 11.6 Å². The topological polar surface area (TPSA) is 88.9 Å². The summed E-state index contributed by atoms with van der Waals surface area (Å²) in [6.45, 7) is 0. The van der Waals surface area contributed by atoms with Gasteiger partial charge in [-0.05, 0) is 0 Å². The molecule has 0 saturated heterocycles. The Hall–Kier alpha value is -3.47. The van der Waals surface area contributed by atoms with Crippen molar-refractivity contribution in [2.24, 2.45) is 0 Å². The summed E-state index contributed by atoms with van der Waals surface area (Å²) in [6, 6.07) is 0. The number of aliphatic hydroxyl groups excluding tert-OH is 1. The second-order valence-corrected chi connectivity index (χ2v) is 5.80. The Morgan fingerprint density at radius 1 is 0.667 bits per heavy atom. The average molecular weight is 500 g/mol. The monoisotopic (exact) mass is 500 g/mol. The van der Waals surface area contributed by atoms with Crippen molar-refractivity contribution in [1.82, 2.24) is 19.9 Å². The number of hydrogen-bond acceptors (Lipinski definition) is 6. The summed E-state index contributed by atoms with van der Waals surface area (Å²) in [4.78, 5) is 21.5. The quantitative estimate of drug-likeness (QED) is 0.272. The number of aliphatic hydroxyl groups is 1. The van der Waals surface area contributed by atoms with Gasteiger partial charge in [0.15, 0.2) is 17.2 Å². The molecule has 0 amide bonds. The summed E-state index contributed by atoms with van der Waals surface area (Å²) in [5.74, 6) is -8.45. The molecule has 18 heteroatoms. The number of rotatable bonds is 3. The lowest BCUT2D eigenvalue weighted by molar-refractivity contribution is -0.154. The van der Waals surface area contributed by atoms with Crippen molar-refractivity contribution < 1.29 is 62.6 Å². The summed E-state index contributed by atoms with van der Waals surface area (Å²) >= 11 is 0. The van der Waals surface area contributed by atoms with Crippen LogP contribution in [0.15, 0.2) is 18.5 Å². The fourth-order valence-electron chi connectivity index (χ4n) is 2.12. The molecule has 0 unspecified atom stereocenters. The van der Waals surface area contributed by atoms with Crippen LogP contribution < -0.4 is 0 Å². The van der Waals surface area contributed by atoms with E-state index < -0.39 is 70.4 Å². The van der Waals surface area contributed by atoms with Crippen LogP contribution in [0.5, 0.6) is 0 Å². The van der Waals surface area contributed by atoms with Crippen molar-refractivity contribution in [3.8, 4) is 0 Å². The molecule has 0 aliphatic rings. The second-order valence-electron chi connectivity index (χ2n) is 5.80. The number of carbonyl (C=O) groups is 1. The predicted octanol–water partition coefficient (Wildman–Crippen LogP) is 5.12. The molecule has 0 bridgehead atoms. The van der Waals surface area contributed by atoms with E-state index in [0.29, 0.717) is 0 Å². The van der Waals surface area contributed by atoms with Gasteiger partial charge in [0.1, 0.15) is 5.76 Å². The second kappa shape index (κ2) is 8.14. The van der Waals surface area contributed by atoms with Gasteiger partial charge in [0.05, 0.1) is 11.1 Å². The highest BCUT2D eigenvalue weighted by atomic mass is 19.4. The summed E-state index contributed by atoms with van der Waals surface area (Å²) in [5.41, 5.74) is -8.17. The lowest BCUT2D eigenvalue weighted by atomic mass is 10.1. The Morgan fingerprint density at radius 3 is 1.39 bits per heavy atom. The number of hydrogen-bond donors (Lipinski definition) is 1. The zero-order valence-corrected chi connectivity index (χ0v) is 14.9. The number of aromatic nitrogens is 4. The SMILES string of the molecule is O=C(/C=C(\O)c1cnc(C(F)(F)F)nc1C(F)(F)F)c1cnc(C(F)(F)F)nc1C(F)(F)F. The molecule has 0 aliphatic heterocycles. The first-order chi connectivity index (χ1) is 14.7. The molecule has 33 heavy (non-hydrogen) atoms. The maximum absolute atomic E-state index is 13.1. The molecule has 2 rings (SSSR count). The van der Waals surface area contributed by atoms with Crippen molar-refractivity contribution in [2.75, 3.05) is 0 Å². The van der Waals surface area contributed by atoms with Crippen LogP contribution >= 0.6 is 0 Å². The molecule has 0 aliphatic carbocycles. The molecule has 0 aromatic carbocycles. The van der Waals surface area contributed by atoms with Gasteiger partial charge in [-0.3, -0.25) is 4.79 Å². The summed E-state index contributed by atoms with van der Waals surface area (Å²) in [6.07, 6.45) is -23.0. The number of nitrogens with zero attached hydrogens (tertiary/aromatic N) is 4. The fourth-order valence-corrected chi connectivity index (χ4v) is 2.12. The molecule has 0 atom stereocenters. The van der Waals surface area contributed by atoms with Crippen LogP contribution in [0.25, 0.3) is 5.76 Å². The summed E-state index contributed by atoms with van der Waals surface area (Å²) in [7, 11) is 0. The lowest BCUT2D eigenvalue weighted by Crippen LogP contribution is -2.21. The molecule has 0 fully saturated rings. The van der Waals surface area contributed by atoms with E-state index in [-0.39, 0.29) is 18.5 Å². The molecule has 6 nitrogen and oxygen atoms in total. The summed E-state index contributed by atoms with van der Waals surface area (Å²) in [5, 5.41) is 9.74. The normalized spacial score (nSPS) is 13.9. The van der Waals surface area contributed by atoms with Crippen LogP contribution in [0.1, 0.15) is 39.0 Å². The first-order valence-electron chi connectivity index (χ1n) is 7.71. The van der Waals surface area contributed by atoms with Gasteiger partial charge in [-0.1, -0.05) is 0 Å². The van der Waals surface area contributed by atoms with E-state index in [1.165, 1.54) is 0 Å². The molecular weight excluding hydrogens is 496 g/mol. The highest BCUT2D eigenvalue weighted by molar-refractivity contribution is 6.08. The van der Waals surface area contributed by atoms with Crippen LogP contribution in [-0.2, 0) is 24.7 Å². The number of ketones is 1. The Balaban J connectivity index is 2.62. The number of halogens is 12. The van der Waals surface area contributed by atoms with Gasteiger partial charge in [0.25, 0.3) is 0 Å². The Kier molecular flexibility index (Phi) is 6.36. The molecule has 0 spiro atoms. The largest absolute Gasteiger partial charge is 0.507 e. The standard InChI is InChI=1S/C15H4F12N4O2/c16-12(17,18)8-4(2-28-10(30-8)14(22,23)24)6(32)1-7(33)5-3-29-11(15(25,26)27)31-9(5)13(19,20)21/h1-3,32H/b6-1-. The maximum Gasteiger partial charge on any atom is 0.451 e. The molecular formula is C15H4F12N4O2. The minimum Gasteiger partial charge on any atom is -0.507 e. The predicted molar refractivity (Wildman–Crippen MR) is 79.0 cm³/mol. The van der Waals surface area contributed by atoms with Crippen molar-refractivity contribution in [3.05, 3.63) is 52.6 Å². The van der Waals surface area contributed by atoms with E-state index in [0.717, 1.165) is 0 Å². The third-order valence-electron chi connectivity index (χ3n) is 3.43. The Labute approximate surface area is 172 Å². The zero-order valence-electron chi connectivity index (χ0n) is 14.9. The molecule has 0 saturated carbocycles. The van der Waals surface area contributed by atoms with Crippen molar-refractivity contribution in [3.63, 3.8) is 0 Å². The van der Waals surface area contributed by atoms with Crippen molar-refractivity contribution >= 4 is 11.5 Å². The smallest absolute Gasteiger partial charge is 0.451 e. The van der Waals surface area contributed by atoms with E-state index in [9.17, 15) is 62.6 Å². The van der Waals surface area contributed by atoms with E-state index in [2.05, 4.69) is 19.9 Å². The van der Waals surface area contributed by atoms with Gasteiger partial charge in [-0.2, -0.15) is 52.7 Å². The minimum atomic E-state index is -5.67. The molecule has 1 N–H and O–H groups in total. The van der Waals surface area contributed by atoms with Crippen LogP contribution in [0, 0.1) is 0 Å². The lowest BCUT2D eigenvalue weighted by Gasteiger charge is -2.14. The maximum atomic E-state index is 13.1. The van der Waals surface area contributed by atoms with Gasteiger partial charge in [-0.25, -0.2) is 19.9 Å². The van der Waals surface area contributed by atoms with Crippen molar-refractivity contribution in [1.29, 1.82) is 0 Å². The fraction of sp³-hybridized carbons (Fsp3) is 0.267. The van der Waals surface area contributed by atoms with Crippen LogP contribution in [0.4, 0.5) is 52.7 Å². The van der Waals surface area contributed by atoms with Gasteiger partial charge >= 0.3 is 24.7 Å². The van der Waals surface area contributed by atoms with E-state index in [4.69, 9.17) is 0 Å². The highest BCUT2D eigenvalue weighted by Crippen LogP contribution is 2.37. The summed E-state index contributed by atoms with van der Waals surface area (Å²) < 4.78 is 154. The average Bonchev–Trinajstić information content (AvgIpc) is 2.64. The van der Waals surface area contributed by atoms with Gasteiger partial charge in [0, 0.05) is 18.5 Å². The first-order valence-corrected chi connectivity index (χ1v) is 7.71. The van der Waals surface area contributed by atoms with Crippen LogP contribution in [-0.4, -0.2) is 30.8 Å². The van der Waals surface area contributed by atoms with Gasteiger partial charge in [-0.15, -0.1) is 0 Å². The Morgan fingerprint density at radius 2 is 1.03 bits per heavy atom. The number of allylic oxidation sites excluding steroid dienone is 1. The first kappa shape index (κ1) is 25.8. The molecule has 180 valence electrons. The zero-order chi connectivity index (χ0) is 25.6. The number of carbonyl (C=O) groups excluding carboxylic acids is 1. The third-order valence-corrected chi connectivity index (χ3v) is 3.43. The van der Waals surface area contributed by atoms with Crippen LogP contribution in [0.3, 0.4) is 0 Å². The Bertz CT molecular complexity index is 1100. The van der Waals surface area contributed by atoms with E-state index in [1.54, 1.807) is 0 Å². The highest BCUT2D eigenvalue weighted by Gasteiger charge is 2.44. The van der Waals surface area contributed by atoms with Crippen molar-refractivity contribution in [2.45, 2.75) is 24.7 Å². The molecule has 2 aromatic rings. The van der Waals surface area contributed by atoms with E-state index >= 15 is 0 Å².